The molecule has 2 amide bonds. The summed E-state index contributed by atoms with van der Waals surface area (Å²) >= 11 is 0. The summed E-state index contributed by atoms with van der Waals surface area (Å²) in [6.07, 6.45) is 0. The van der Waals surface area contributed by atoms with E-state index in [2.05, 4.69) is 16.0 Å². The number of nitrogens with one attached hydrogen (secondary N) is 2. The molecule has 152 valence electrons. The Hall–Kier alpha value is -3.75. The van der Waals surface area contributed by atoms with E-state index >= 15 is 0 Å². The van der Waals surface area contributed by atoms with Crippen LogP contribution in [0.5, 0.6) is 17.2 Å². The highest BCUT2D eigenvalue weighted by molar-refractivity contribution is 5.99. The average molecular weight is 399 g/mol. The van der Waals surface area contributed by atoms with Crippen LogP contribution in [0, 0.1) is 0 Å². The van der Waals surface area contributed by atoms with Crippen LogP contribution in [0.4, 0.5) is 0 Å². The van der Waals surface area contributed by atoms with Crippen molar-refractivity contribution in [1.29, 1.82) is 0 Å². The van der Waals surface area contributed by atoms with E-state index < -0.39 is 11.8 Å². The standard InChI is InChI=1S/C20H21N3O6/c1-3-26-16-7-4-14(5-8-16)20(25)22-21-19(24)11-29-23-13(2)15-6-9-17-18(10-15)28-12-27-17/h4-10H,3,11-12H2,1-2H3,(H,21,24)(H,22,25)/b23-13-. The van der Waals surface area contributed by atoms with Gasteiger partial charge in [0.2, 0.25) is 6.79 Å². The lowest BCUT2D eigenvalue weighted by atomic mass is 10.1. The van der Waals surface area contributed by atoms with Gasteiger partial charge in [-0.15, -0.1) is 0 Å². The molecule has 0 saturated carbocycles. The van der Waals surface area contributed by atoms with Crippen LogP contribution in [0.25, 0.3) is 0 Å². The number of fused-ring (bicyclic) bond motifs is 1. The van der Waals surface area contributed by atoms with E-state index in [1.165, 1.54) is 0 Å². The van der Waals surface area contributed by atoms with Crippen LogP contribution in [-0.2, 0) is 9.63 Å². The Morgan fingerprint density at radius 1 is 1.03 bits per heavy atom. The van der Waals surface area contributed by atoms with Crippen LogP contribution in [-0.4, -0.2) is 37.5 Å². The van der Waals surface area contributed by atoms with Crippen molar-refractivity contribution in [2.24, 2.45) is 5.16 Å². The number of carbonyl (C=O) groups excluding carboxylic acids is 2. The maximum Gasteiger partial charge on any atom is 0.279 e. The maximum atomic E-state index is 12.0. The lowest BCUT2D eigenvalue weighted by Gasteiger charge is -2.08. The molecule has 0 aromatic heterocycles. The molecule has 0 spiro atoms. The first kappa shape index (κ1) is 20.0. The molecule has 2 aromatic carbocycles. The molecule has 3 rings (SSSR count). The van der Waals surface area contributed by atoms with Gasteiger partial charge in [0.15, 0.2) is 18.1 Å². The van der Waals surface area contributed by atoms with E-state index in [1.807, 2.05) is 13.0 Å². The van der Waals surface area contributed by atoms with Crippen LogP contribution < -0.4 is 25.1 Å². The number of amides is 2. The Kier molecular flexibility index (Phi) is 6.51. The van der Waals surface area contributed by atoms with E-state index in [4.69, 9.17) is 19.0 Å². The van der Waals surface area contributed by atoms with Crippen molar-refractivity contribution in [2.75, 3.05) is 20.0 Å². The summed E-state index contributed by atoms with van der Waals surface area (Å²) in [5.74, 6) is 0.960. The minimum absolute atomic E-state index is 0.189. The monoisotopic (exact) mass is 399 g/mol. The van der Waals surface area contributed by atoms with Crippen molar-refractivity contribution >= 4 is 17.5 Å². The van der Waals surface area contributed by atoms with Gasteiger partial charge in [0, 0.05) is 11.1 Å². The molecule has 0 atom stereocenters. The van der Waals surface area contributed by atoms with Crippen molar-refractivity contribution in [3.05, 3.63) is 53.6 Å². The third-order valence-electron chi connectivity index (χ3n) is 3.93. The van der Waals surface area contributed by atoms with E-state index in [-0.39, 0.29) is 13.4 Å². The average Bonchev–Trinajstić information content (AvgIpc) is 3.20. The van der Waals surface area contributed by atoms with Gasteiger partial charge in [0.1, 0.15) is 5.75 Å². The molecular formula is C20H21N3O6. The number of rotatable bonds is 7. The molecule has 2 N–H and O–H groups in total. The summed E-state index contributed by atoms with van der Waals surface area (Å²) < 4.78 is 15.9. The number of hydrogen-bond acceptors (Lipinski definition) is 7. The van der Waals surface area contributed by atoms with Crippen molar-refractivity contribution < 1.29 is 28.6 Å². The molecule has 2 aromatic rings. The number of nitrogens with zero attached hydrogens (tertiary/aromatic N) is 1. The van der Waals surface area contributed by atoms with E-state index in [0.717, 1.165) is 5.56 Å². The molecule has 1 heterocycles. The third-order valence-corrected chi connectivity index (χ3v) is 3.93. The van der Waals surface area contributed by atoms with Gasteiger partial charge in [0.05, 0.1) is 12.3 Å². The summed E-state index contributed by atoms with van der Waals surface area (Å²) in [4.78, 5) is 28.9. The lowest BCUT2D eigenvalue weighted by molar-refractivity contribution is -0.126. The predicted octanol–water partition coefficient (Wildman–Crippen LogP) is 2.02. The smallest absolute Gasteiger partial charge is 0.279 e. The first-order chi connectivity index (χ1) is 14.1. The van der Waals surface area contributed by atoms with Crippen LogP contribution in [0.1, 0.15) is 29.8 Å². The predicted molar refractivity (Wildman–Crippen MR) is 104 cm³/mol. The van der Waals surface area contributed by atoms with Gasteiger partial charge in [0.25, 0.3) is 11.8 Å². The quantitative estimate of drug-likeness (QED) is 0.545. The molecule has 0 bridgehead atoms. The zero-order valence-electron chi connectivity index (χ0n) is 16.1. The Labute approximate surface area is 167 Å². The Bertz CT molecular complexity index is 911. The summed E-state index contributed by atoms with van der Waals surface area (Å²) in [5, 5.41) is 3.91. The molecule has 9 nitrogen and oxygen atoms in total. The summed E-state index contributed by atoms with van der Waals surface area (Å²) in [7, 11) is 0. The van der Waals surface area contributed by atoms with E-state index in [9.17, 15) is 9.59 Å². The van der Waals surface area contributed by atoms with Gasteiger partial charge in [-0.3, -0.25) is 20.4 Å². The fraction of sp³-hybridized carbons (Fsp3) is 0.250. The second-order valence-corrected chi connectivity index (χ2v) is 5.98. The second kappa shape index (κ2) is 9.45. The van der Waals surface area contributed by atoms with Gasteiger partial charge >= 0.3 is 0 Å². The molecule has 1 aliphatic rings. The van der Waals surface area contributed by atoms with Crippen LogP contribution in [0.2, 0.25) is 0 Å². The molecule has 1 aliphatic heterocycles. The van der Waals surface area contributed by atoms with Crippen molar-refractivity contribution in [1.82, 2.24) is 10.9 Å². The number of benzene rings is 2. The highest BCUT2D eigenvalue weighted by Gasteiger charge is 2.14. The summed E-state index contributed by atoms with van der Waals surface area (Å²) in [6, 6.07) is 11.9. The number of carbonyl (C=O) groups is 2. The minimum atomic E-state index is -0.550. The topological polar surface area (TPSA) is 107 Å². The Morgan fingerprint density at radius 3 is 2.52 bits per heavy atom. The lowest BCUT2D eigenvalue weighted by Crippen LogP contribution is -2.43. The first-order valence-electron chi connectivity index (χ1n) is 8.95. The molecule has 0 unspecified atom stereocenters. The van der Waals surface area contributed by atoms with Crippen LogP contribution >= 0.6 is 0 Å². The van der Waals surface area contributed by atoms with Gasteiger partial charge in [-0.1, -0.05) is 5.16 Å². The van der Waals surface area contributed by atoms with Gasteiger partial charge in [-0.05, 0) is 56.3 Å². The van der Waals surface area contributed by atoms with Gasteiger partial charge in [-0.25, -0.2) is 0 Å². The van der Waals surface area contributed by atoms with E-state index in [0.29, 0.717) is 35.1 Å². The van der Waals surface area contributed by atoms with Crippen molar-refractivity contribution in [3.8, 4) is 17.2 Å². The SMILES string of the molecule is CCOc1ccc(C(=O)NNC(=O)CO/N=C(/C)c2ccc3c(c2)OCO3)cc1. The molecular weight excluding hydrogens is 378 g/mol. The number of hydrogen-bond donors (Lipinski definition) is 2. The third kappa shape index (κ3) is 5.38. The summed E-state index contributed by atoms with van der Waals surface area (Å²) in [6.45, 7) is 3.99. The zero-order chi connectivity index (χ0) is 20.6. The second-order valence-electron chi connectivity index (χ2n) is 5.98. The van der Waals surface area contributed by atoms with Crippen molar-refractivity contribution in [2.45, 2.75) is 13.8 Å². The van der Waals surface area contributed by atoms with Crippen LogP contribution in [0.15, 0.2) is 47.6 Å². The molecule has 0 fully saturated rings. The molecule has 29 heavy (non-hydrogen) atoms. The first-order valence-corrected chi connectivity index (χ1v) is 8.95. The van der Waals surface area contributed by atoms with E-state index in [1.54, 1.807) is 43.3 Å². The summed E-state index contributed by atoms with van der Waals surface area (Å²) in [5.41, 5.74) is 6.30. The minimum Gasteiger partial charge on any atom is -0.494 e. The number of ether oxygens (including phenoxy) is 3. The molecule has 9 heteroatoms. The highest BCUT2D eigenvalue weighted by atomic mass is 16.7. The number of oxime groups is 1. The van der Waals surface area contributed by atoms with Gasteiger partial charge < -0.3 is 19.0 Å². The highest BCUT2D eigenvalue weighted by Crippen LogP contribution is 2.32. The fourth-order valence-electron chi connectivity index (χ4n) is 2.47. The zero-order valence-corrected chi connectivity index (χ0v) is 16.1. The van der Waals surface area contributed by atoms with Crippen molar-refractivity contribution in [3.63, 3.8) is 0 Å². The van der Waals surface area contributed by atoms with Gasteiger partial charge in [-0.2, -0.15) is 0 Å². The fourth-order valence-corrected chi connectivity index (χ4v) is 2.47. The molecule has 0 saturated heterocycles. The number of hydrazine groups is 1. The Morgan fingerprint density at radius 2 is 1.76 bits per heavy atom. The molecule has 0 aliphatic carbocycles. The maximum absolute atomic E-state index is 12.0. The largest absolute Gasteiger partial charge is 0.494 e. The Balaban J connectivity index is 1.43. The van der Waals surface area contributed by atoms with Crippen LogP contribution in [0.3, 0.4) is 0 Å². The normalized spacial score (nSPS) is 12.3. The molecule has 0 radical (unpaired) electrons.